The molecule has 2 heterocycles. The van der Waals surface area contributed by atoms with Crippen LogP contribution in [-0.2, 0) is 24.3 Å². The lowest BCUT2D eigenvalue weighted by Crippen LogP contribution is -2.20. The highest BCUT2D eigenvalue weighted by atomic mass is 35.5. The summed E-state index contributed by atoms with van der Waals surface area (Å²) in [5, 5.41) is 0. The summed E-state index contributed by atoms with van der Waals surface area (Å²) >= 11 is 7.57. The predicted molar refractivity (Wildman–Crippen MR) is 99.6 cm³/mol. The third kappa shape index (κ3) is 5.20. The first-order valence-corrected chi connectivity index (χ1v) is 9.25. The van der Waals surface area contributed by atoms with Gasteiger partial charge in [0.2, 0.25) is 0 Å². The molecule has 0 saturated carbocycles. The van der Waals surface area contributed by atoms with Crippen molar-refractivity contribution in [2.24, 2.45) is 0 Å². The van der Waals surface area contributed by atoms with Crippen LogP contribution in [0.2, 0.25) is 4.34 Å². The van der Waals surface area contributed by atoms with Gasteiger partial charge in [0.25, 0.3) is 0 Å². The lowest BCUT2D eigenvalue weighted by molar-refractivity contribution is 0.0253. The number of aryl methyl sites for hydroxylation is 2. The lowest BCUT2D eigenvalue weighted by Gasteiger charge is -2.18. The molecule has 0 fully saturated rings. The van der Waals surface area contributed by atoms with E-state index < -0.39 is 0 Å². The molecule has 5 heteroatoms. The molecule has 2 aromatic heterocycles. The van der Waals surface area contributed by atoms with Gasteiger partial charge in [-0.05, 0) is 37.5 Å². The van der Waals surface area contributed by atoms with Gasteiger partial charge in [0.1, 0.15) is 0 Å². The summed E-state index contributed by atoms with van der Waals surface area (Å²) in [7, 11) is 0. The Kier molecular flexibility index (Phi) is 6.07. The molecule has 24 heavy (non-hydrogen) atoms. The van der Waals surface area contributed by atoms with Crippen LogP contribution in [0.4, 0.5) is 0 Å². The van der Waals surface area contributed by atoms with Crippen molar-refractivity contribution in [2.45, 2.75) is 39.0 Å². The van der Waals surface area contributed by atoms with Gasteiger partial charge in [0.05, 0.1) is 23.4 Å². The standard InChI is InChI=1S/C19H21ClN2OS/c1-15-2-4-16(5-3-15)6-7-17(12-22-11-10-21-14-22)23-13-18-8-9-19(20)24-18/h2-5,8-11,14,17H,6-7,12-13H2,1H3. The van der Waals surface area contributed by atoms with Crippen molar-refractivity contribution >= 4 is 22.9 Å². The number of benzene rings is 1. The Labute approximate surface area is 151 Å². The van der Waals surface area contributed by atoms with E-state index in [1.54, 1.807) is 17.5 Å². The Morgan fingerprint density at radius 2 is 2.04 bits per heavy atom. The molecule has 0 radical (unpaired) electrons. The van der Waals surface area contributed by atoms with Crippen molar-refractivity contribution in [1.29, 1.82) is 0 Å². The third-order valence-corrected chi connectivity index (χ3v) is 5.14. The van der Waals surface area contributed by atoms with Crippen LogP contribution >= 0.6 is 22.9 Å². The number of thiophene rings is 1. The first-order valence-electron chi connectivity index (χ1n) is 8.06. The summed E-state index contributed by atoms with van der Waals surface area (Å²) < 4.78 is 9.04. The average molecular weight is 361 g/mol. The molecule has 1 aromatic carbocycles. The smallest absolute Gasteiger partial charge is 0.0946 e. The van der Waals surface area contributed by atoms with E-state index >= 15 is 0 Å². The van der Waals surface area contributed by atoms with Gasteiger partial charge in [0, 0.05) is 23.8 Å². The van der Waals surface area contributed by atoms with E-state index in [0.717, 1.165) is 28.6 Å². The number of rotatable bonds is 8. The minimum absolute atomic E-state index is 0.140. The van der Waals surface area contributed by atoms with E-state index in [2.05, 4.69) is 40.7 Å². The molecule has 3 nitrogen and oxygen atoms in total. The number of nitrogens with zero attached hydrogens (tertiary/aromatic N) is 2. The Hall–Kier alpha value is -1.62. The topological polar surface area (TPSA) is 27.1 Å². The summed E-state index contributed by atoms with van der Waals surface area (Å²) in [6, 6.07) is 12.7. The van der Waals surface area contributed by atoms with E-state index in [0.29, 0.717) is 6.61 Å². The maximum absolute atomic E-state index is 6.16. The first-order chi connectivity index (χ1) is 11.7. The fourth-order valence-electron chi connectivity index (χ4n) is 2.57. The van der Waals surface area contributed by atoms with Gasteiger partial charge in [-0.15, -0.1) is 11.3 Å². The molecular weight excluding hydrogens is 340 g/mol. The molecule has 0 aliphatic heterocycles. The number of ether oxygens (including phenoxy) is 1. The van der Waals surface area contributed by atoms with E-state index in [4.69, 9.17) is 16.3 Å². The number of imidazole rings is 1. The van der Waals surface area contributed by atoms with E-state index in [1.165, 1.54) is 11.1 Å². The van der Waals surface area contributed by atoms with Gasteiger partial charge in [-0.3, -0.25) is 0 Å². The van der Waals surface area contributed by atoms with Crippen LogP contribution in [0.15, 0.2) is 55.1 Å². The van der Waals surface area contributed by atoms with Crippen LogP contribution in [0.5, 0.6) is 0 Å². The Balaban J connectivity index is 1.59. The van der Waals surface area contributed by atoms with E-state index in [-0.39, 0.29) is 6.10 Å². The minimum atomic E-state index is 0.140. The largest absolute Gasteiger partial charge is 0.371 e. The zero-order chi connectivity index (χ0) is 16.8. The molecule has 0 aliphatic rings. The summed E-state index contributed by atoms with van der Waals surface area (Å²) in [5.74, 6) is 0. The second kappa shape index (κ2) is 8.47. The third-order valence-electron chi connectivity index (χ3n) is 3.94. The van der Waals surface area contributed by atoms with Crippen LogP contribution in [0.3, 0.4) is 0 Å². The second-order valence-electron chi connectivity index (χ2n) is 5.92. The lowest BCUT2D eigenvalue weighted by atomic mass is 10.1. The molecule has 3 rings (SSSR count). The number of hydrogen-bond donors (Lipinski definition) is 0. The van der Waals surface area contributed by atoms with Gasteiger partial charge in [0.15, 0.2) is 0 Å². The normalized spacial score (nSPS) is 12.4. The summed E-state index contributed by atoms with van der Waals surface area (Å²) in [5.41, 5.74) is 2.64. The van der Waals surface area contributed by atoms with Gasteiger partial charge in [-0.1, -0.05) is 41.4 Å². The summed E-state index contributed by atoms with van der Waals surface area (Å²) in [6.07, 6.45) is 7.73. The highest BCUT2D eigenvalue weighted by Gasteiger charge is 2.12. The molecule has 0 N–H and O–H groups in total. The summed E-state index contributed by atoms with van der Waals surface area (Å²) in [4.78, 5) is 5.28. The maximum Gasteiger partial charge on any atom is 0.0946 e. The van der Waals surface area contributed by atoms with Gasteiger partial charge in [-0.25, -0.2) is 4.98 Å². The molecule has 0 aliphatic carbocycles. The van der Waals surface area contributed by atoms with Crippen molar-refractivity contribution in [3.63, 3.8) is 0 Å². The SMILES string of the molecule is Cc1ccc(CCC(Cn2ccnc2)OCc2ccc(Cl)s2)cc1. The predicted octanol–water partition coefficient (Wildman–Crippen LogP) is 5.12. The molecule has 1 unspecified atom stereocenters. The van der Waals surface area contributed by atoms with Crippen LogP contribution < -0.4 is 0 Å². The fourth-order valence-corrected chi connectivity index (χ4v) is 3.58. The van der Waals surface area contributed by atoms with Crippen LogP contribution in [0.25, 0.3) is 0 Å². The number of hydrogen-bond acceptors (Lipinski definition) is 3. The highest BCUT2D eigenvalue weighted by molar-refractivity contribution is 7.16. The summed E-state index contributed by atoms with van der Waals surface area (Å²) in [6.45, 7) is 3.52. The van der Waals surface area contributed by atoms with E-state index in [1.807, 2.05) is 24.7 Å². The Bertz CT molecular complexity index is 737. The Morgan fingerprint density at radius 1 is 1.21 bits per heavy atom. The van der Waals surface area contributed by atoms with E-state index in [9.17, 15) is 0 Å². The quantitative estimate of drug-likeness (QED) is 0.557. The molecule has 0 spiro atoms. The zero-order valence-corrected chi connectivity index (χ0v) is 15.3. The van der Waals surface area contributed by atoms with Crippen molar-refractivity contribution in [2.75, 3.05) is 0 Å². The molecular formula is C19H21ClN2OS. The molecule has 0 saturated heterocycles. The minimum Gasteiger partial charge on any atom is -0.371 e. The van der Waals surface area contributed by atoms with Crippen molar-refractivity contribution in [3.05, 3.63) is 75.5 Å². The van der Waals surface area contributed by atoms with Gasteiger partial charge in [-0.2, -0.15) is 0 Å². The second-order valence-corrected chi connectivity index (χ2v) is 7.72. The van der Waals surface area contributed by atoms with Crippen molar-refractivity contribution in [1.82, 2.24) is 9.55 Å². The van der Waals surface area contributed by atoms with Crippen LogP contribution in [0.1, 0.15) is 22.4 Å². The average Bonchev–Trinajstić information content (AvgIpc) is 3.23. The number of aromatic nitrogens is 2. The van der Waals surface area contributed by atoms with Crippen LogP contribution in [-0.4, -0.2) is 15.7 Å². The molecule has 0 amide bonds. The fraction of sp³-hybridized carbons (Fsp3) is 0.316. The molecule has 126 valence electrons. The van der Waals surface area contributed by atoms with Gasteiger partial charge >= 0.3 is 0 Å². The molecule has 1 atom stereocenters. The number of halogens is 1. The molecule has 0 bridgehead atoms. The van der Waals surface area contributed by atoms with Gasteiger partial charge < -0.3 is 9.30 Å². The highest BCUT2D eigenvalue weighted by Crippen LogP contribution is 2.23. The maximum atomic E-state index is 6.16. The van der Waals surface area contributed by atoms with Crippen molar-refractivity contribution < 1.29 is 4.74 Å². The van der Waals surface area contributed by atoms with Crippen molar-refractivity contribution in [3.8, 4) is 0 Å². The zero-order valence-electron chi connectivity index (χ0n) is 13.7. The Morgan fingerprint density at radius 3 is 2.71 bits per heavy atom. The van der Waals surface area contributed by atoms with Crippen LogP contribution in [0, 0.1) is 6.92 Å². The molecule has 3 aromatic rings. The first kappa shape index (κ1) is 17.2. The monoisotopic (exact) mass is 360 g/mol.